The summed E-state index contributed by atoms with van der Waals surface area (Å²) in [5, 5.41) is 2.35. The summed E-state index contributed by atoms with van der Waals surface area (Å²) in [5.74, 6) is 0.902. The van der Waals surface area contributed by atoms with E-state index in [4.69, 9.17) is 9.72 Å². The van der Waals surface area contributed by atoms with Crippen molar-refractivity contribution >= 4 is 21.8 Å². The van der Waals surface area contributed by atoms with Crippen molar-refractivity contribution in [1.82, 2.24) is 4.98 Å². The Morgan fingerprint density at radius 3 is 1.87 bits per heavy atom. The second-order valence-electron chi connectivity index (χ2n) is 5.48. The smallest absolute Gasteiger partial charge is 0.119 e. The van der Waals surface area contributed by atoms with E-state index in [-0.39, 0.29) is 0 Å². The van der Waals surface area contributed by atoms with Crippen LogP contribution in [0.15, 0.2) is 72.8 Å². The summed E-state index contributed by atoms with van der Waals surface area (Å²) in [7, 11) is 0. The van der Waals surface area contributed by atoms with E-state index in [1.54, 1.807) is 0 Å². The van der Waals surface area contributed by atoms with Gasteiger partial charge in [0.1, 0.15) is 5.75 Å². The Hall–Kier alpha value is -2.87. The molecular weight excluding hydrogens is 282 g/mol. The molecule has 0 amide bonds. The molecule has 4 aromatic rings. The van der Waals surface area contributed by atoms with Gasteiger partial charge in [0.15, 0.2) is 0 Å². The van der Waals surface area contributed by atoms with Crippen LogP contribution in [0.1, 0.15) is 6.92 Å². The zero-order chi connectivity index (χ0) is 15.6. The highest BCUT2D eigenvalue weighted by molar-refractivity contribution is 6.09. The number of hydrogen-bond acceptors (Lipinski definition) is 2. The highest BCUT2D eigenvalue weighted by Crippen LogP contribution is 2.35. The summed E-state index contributed by atoms with van der Waals surface area (Å²) in [6.07, 6.45) is 0. The van der Waals surface area contributed by atoms with Crippen LogP contribution in [0.3, 0.4) is 0 Å². The molecule has 2 heteroatoms. The molecule has 1 heterocycles. The molecule has 0 aliphatic carbocycles. The number of fused-ring (bicyclic) bond motifs is 2. The maximum atomic E-state index is 5.56. The number of aromatic nitrogens is 1. The van der Waals surface area contributed by atoms with Crippen LogP contribution in [0.5, 0.6) is 5.75 Å². The van der Waals surface area contributed by atoms with Crippen molar-refractivity contribution in [2.24, 2.45) is 0 Å². The van der Waals surface area contributed by atoms with Crippen LogP contribution in [-0.2, 0) is 0 Å². The van der Waals surface area contributed by atoms with Crippen molar-refractivity contribution in [3.8, 4) is 16.9 Å². The van der Waals surface area contributed by atoms with Gasteiger partial charge >= 0.3 is 0 Å². The number of benzene rings is 3. The van der Waals surface area contributed by atoms with Crippen molar-refractivity contribution < 1.29 is 4.74 Å². The minimum Gasteiger partial charge on any atom is -0.494 e. The second-order valence-corrected chi connectivity index (χ2v) is 5.48. The van der Waals surface area contributed by atoms with Crippen LogP contribution in [-0.4, -0.2) is 11.6 Å². The van der Waals surface area contributed by atoms with E-state index in [2.05, 4.69) is 48.5 Å². The molecule has 0 aliphatic heterocycles. The van der Waals surface area contributed by atoms with Crippen molar-refractivity contribution in [3.63, 3.8) is 0 Å². The SMILES string of the molecule is CCOc1ccc(-c2c3ccccc3nc3ccccc23)cc1. The number of rotatable bonds is 3. The lowest BCUT2D eigenvalue weighted by Gasteiger charge is -2.12. The lowest BCUT2D eigenvalue weighted by molar-refractivity contribution is 0.340. The molecule has 1 aromatic heterocycles. The minimum absolute atomic E-state index is 0.681. The molecule has 23 heavy (non-hydrogen) atoms. The first-order valence-electron chi connectivity index (χ1n) is 7.87. The number of pyridine rings is 1. The molecule has 4 rings (SSSR count). The van der Waals surface area contributed by atoms with Gasteiger partial charge in [-0.1, -0.05) is 48.5 Å². The van der Waals surface area contributed by atoms with Gasteiger partial charge in [0, 0.05) is 16.3 Å². The Bertz CT molecular complexity index is 920. The minimum atomic E-state index is 0.681. The predicted octanol–water partition coefficient (Wildman–Crippen LogP) is 5.45. The summed E-state index contributed by atoms with van der Waals surface area (Å²) in [6.45, 7) is 2.68. The number of nitrogens with zero attached hydrogens (tertiary/aromatic N) is 1. The fourth-order valence-electron chi connectivity index (χ4n) is 3.04. The molecule has 0 saturated heterocycles. The molecule has 0 aliphatic rings. The van der Waals surface area contributed by atoms with E-state index in [0.29, 0.717) is 6.61 Å². The Labute approximate surface area is 135 Å². The quantitative estimate of drug-likeness (QED) is 0.469. The van der Waals surface area contributed by atoms with Gasteiger partial charge in [0.2, 0.25) is 0 Å². The molecule has 0 atom stereocenters. The lowest BCUT2D eigenvalue weighted by atomic mass is 9.96. The van der Waals surface area contributed by atoms with E-state index in [1.807, 2.05) is 31.2 Å². The van der Waals surface area contributed by atoms with Gasteiger partial charge < -0.3 is 4.74 Å². The Morgan fingerprint density at radius 1 is 0.739 bits per heavy atom. The van der Waals surface area contributed by atoms with Crippen molar-refractivity contribution in [2.45, 2.75) is 6.92 Å². The molecule has 0 radical (unpaired) electrons. The topological polar surface area (TPSA) is 22.1 Å². The molecule has 2 nitrogen and oxygen atoms in total. The van der Waals surface area contributed by atoms with Crippen LogP contribution < -0.4 is 4.74 Å². The summed E-state index contributed by atoms with van der Waals surface area (Å²) in [4.78, 5) is 4.79. The van der Waals surface area contributed by atoms with Crippen molar-refractivity contribution in [3.05, 3.63) is 72.8 Å². The third-order valence-corrected chi connectivity index (χ3v) is 4.04. The fraction of sp³-hybridized carbons (Fsp3) is 0.0952. The van der Waals surface area contributed by atoms with Crippen LogP contribution >= 0.6 is 0 Å². The third-order valence-electron chi connectivity index (χ3n) is 4.04. The van der Waals surface area contributed by atoms with Crippen molar-refractivity contribution in [2.75, 3.05) is 6.61 Å². The molecule has 3 aromatic carbocycles. The van der Waals surface area contributed by atoms with Gasteiger partial charge in [-0.05, 0) is 36.8 Å². The molecule has 0 saturated carbocycles. The highest BCUT2D eigenvalue weighted by Gasteiger charge is 2.10. The number of para-hydroxylation sites is 2. The first-order valence-corrected chi connectivity index (χ1v) is 7.87. The first kappa shape index (κ1) is 13.8. The summed E-state index contributed by atoms with van der Waals surface area (Å²) in [5.41, 5.74) is 4.46. The lowest BCUT2D eigenvalue weighted by Crippen LogP contribution is -1.92. The van der Waals surface area contributed by atoms with E-state index in [0.717, 1.165) is 16.8 Å². The largest absolute Gasteiger partial charge is 0.494 e. The molecule has 0 fully saturated rings. The Balaban J connectivity index is 2.02. The molecule has 0 unspecified atom stereocenters. The predicted molar refractivity (Wildman–Crippen MR) is 95.9 cm³/mol. The van der Waals surface area contributed by atoms with Gasteiger partial charge in [-0.2, -0.15) is 0 Å². The van der Waals surface area contributed by atoms with Crippen LogP contribution in [0.4, 0.5) is 0 Å². The van der Waals surface area contributed by atoms with Gasteiger partial charge in [-0.3, -0.25) is 0 Å². The maximum Gasteiger partial charge on any atom is 0.119 e. The van der Waals surface area contributed by atoms with Crippen LogP contribution in [0.2, 0.25) is 0 Å². The Morgan fingerprint density at radius 2 is 1.30 bits per heavy atom. The van der Waals surface area contributed by atoms with E-state index < -0.39 is 0 Å². The molecule has 0 spiro atoms. The molecule has 0 bridgehead atoms. The number of hydrogen-bond donors (Lipinski definition) is 0. The first-order chi connectivity index (χ1) is 11.4. The maximum absolute atomic E-state index is 5.56. The normalized spacial score (nSPS) is 11.0. The van der Waals surface area contributed by atoms with Gasteiger partial charge in [0.05, 0.1) is 17.6 Å². The van der Waals surface area contributed by atoms with Gasteiger partial charge in [-0.25, -0.2) is 4.98 Å². The van der Waals surface area contributed by atoms with E-state index in [1.165, 1.54) is 21.9 Å². The summed E-state index contributed by atoms with van der Waals surface area (Å²) in [6, 6.07) is 24.9. The summed E-state index contributed by atoms with van der Waals surface area (Å²) >= 11 is 0. The molecule has 0 N–H and O–H groups in total. The second kappa shape index (κ2) is 5.73. The standard InChI is InChI=1S/C21H17NO/c1-2-23-16-13-11-15(12-14-16)21-17-7-3-5-9-19(17)22-20-10-6-4-8-18(20)21/h3-14H,2H2,1H3. The molecular formula is C21H17NO. The Kier molecular flexibility index (Phi) is 3.43. The van der Waals surface area contributed by atoms with Crippen LogP contribution in [0, 0.1) is 0 Å². The highest BCUT2D eigenvalue weighted by atomic mass is 16.5. The average Bonchev–Trinajstić information content (AvgIpc) is 2.61. The van der Waals surface area contributed by atoms with E-state index >= 15 is 0 Å². The van der Waals surface area contributed by atoms with Gasteiger partial charge in [-0.15, -0.1) is 0 Å². The van der Waals surface area contributed by atoms with E-state index in [9.17, 15) is 0 Å². The zero-order valence-electron chi connectivity index (χ0n) is 13.0. The zero-order valence-corrected chi connectivity index (χ0v) is 13.0. The number of ether oxygens (including phenoxy) is 1. The fourth-order valence-corrected chi connectivity index (χ4v) is 3.04. The van der Waals surface area contributed by atoms with Gasteiger partial charge in [0.25, 0.3) is 0 Å². The van der Waals surface area contributed by atoms with Crippen molar-refractivity contribution in [1.29, 1.82) is 0 Å². The summed E-state index contributed by atoms with van der Waals surface area (Å²) < 4.78 is 5.56. The monoisotopic (exact) mass is 299 g/mol. The average molecular weight is 299 g/mol. The third kappa shape index (κ3) is 2.42. The van der Waals surface area contributed by atoms with Crippen LogP contribution in [0.25, 0.3) is 32.9 Å². The molecule has 112 valence electrons.